The van der Waals surface area contributed by atoms with Gasteiger partial charge in [-0.25, -0.2) is 8.78 Å². The van der Waals surface area contributed by atoms with E-state index in [1.165, 1.54) is 18.3 Å². The Morgan fingerprint density at radius 3 is 2.43 bits per heavy atom. The molecule has 0 saturated heterocycles. The standard InChI is InChI=1S/C17H20F2N2/c1-11(2)21-17(16-7-6-15(19)10-20-16)9-13-8-14(18)5-4-12(13)3/h4-8,10-11,17,21H,9H2,1-3H3. The quantitative estimate of drug-likeness (QED) is 0.902. The maximum absolute atomic E-state index is 13.4. The predicted molar refractivity (Wildman–Crippen MR) is 80.0 cm³/mol. The number of hydrogen-bond donors (Lipinski definition) is 1. The molecule has 2 aromatic rings. The van der Waals surface area contributed by atoms with E-state index in [0.29, 0.717) is 6.42 Å². The molecular formula is C17H20F2N2. The average molecular weight is 290 g/mol. The van der Waals surface area contributed by atoms with Crippen LogP contribution in [-0.4, -0.2) is 11.0 Å². The van der Waals surface area contributed by atoms with Gasteiger partial charge in [0.05, 0.1) is 17.9 Å². The van der Waals surface area contributed by atoms with Crippen molar-refractivity contribution in [2.24, 2.45) is 0 Å². The fourth-order valence-corrected chi connectivity index (χ4v) is 2.32. The number of aryl methyl sites for hydroxylation is 1. The maximum Gasteiger partial charge on any atom is 0.141 e. The molecule has 2 rings (SSSR count). The number of nitrogens with zero attached hydrogens (tertiary/aromatic N) is 1. The lowest BCUT2D eigenvalue weighted by Gasteiger charge is -2.22. The molecule has 0 saturated carbocycles. The summed E-state index contributed by atoms with van der Waals surface area (Å²) in [6.45, 7) is 6.03. The molecule has 112 valence electrons. The van der Waals surface area contributed by atoms with E-state index in [0.717, 1.165) is 16.8 Å². The van der Waals surface area contributed by atoms with E-state index in [1.807, 2.05) is 20.8 Å². The van der Waals surface area contributed by atoms with Gasteiger partial charge in [-0.15, -0.1) is 0 Å². The minimum atomic E-state index is -0.357. The Balaban J connectivity index is 2.28. The van der Waals surface area contributed by atoms with Crippen molar-refractivity contribution in [1.82, 2.24) is 10.3 Å². The average Bonchev–Trinajstić information content (AvgIpc) is 2.42. The van der Waals surface area contributed by atoms with Crippen molar-refractivity contribution in [2.45, 2.75) is 39.3 Å². The molecule has 1 aromatic heterocycles. The van der Waals surface area contributed by atoms with Crippen LogP contribution in [0.15, 0.2) is 36.5 Å². The summed E-state index contributed by atoms with van der Waals surface area (Å²) in [5.41, 5.74) is 2.72. The van der Waals surface area contributed by atoms with Crippen LogP contribution in [0.1, 0.15) is 36.7 Å². The molecule has 0 spiro atoms. The Bertz CT molecular complexity index is 594. The Kier molecular flexibility index (Phi) is 5.02. The highest BCUT2D eigenvalue weighted by atomic mass is 19.1. The van der Waals surface area contributed by atoms with E-state index in [9.17, 15) is 8.78 Å². The molecule has 0 aliphatic heterocycles. The third-order valence-corrected chi connectivity index (χ3v) is 3.38. The van der Waals surface area contributed by atoms with Crippen LogP contribution in [0, 0.1) is 18.6 Å². The number of hydrogen-bond acceptors (Lipinski definition) is 2. The van der Waals surface area contributed by atoms with Crippen molar-refractivity contribution >= 4 is 0 Å². The van der Waals surface area contributed by atoms with Gasteiger partial charge < -0.3 is 5.32 Å². The summed E-state index contributed by atoms with van der Waals surface area (Å²) in [5.74, 6) is -0.602. The molecule has 0 aliphatic rings. The second-order valence-corrected chi connectivity index (χ2v) is 5.55. The van der Waals surface area contributed by atoms with Crippen molar-refractivity contribution in [1.29, 1.82) is 0 Å². The smallest absolute Gasteiger partial charge is 0.141 e. The highest BCUT2D eigenvalue weighted by Gasteiger charge is 2.16. The molecule has 1 N–H and O–H groups in total. The van der Waals surface area contributed by atoms with Gasteiger partial charge in [-0.2, -0.15) is 0 Å². The summed E-state index contributed by atoms with van der Waals surface area (Å²) >= 11 is 0. The first-order chi connectivity index (χ1) is 9.95. The first-order valence-electron chi connectivity index (χ1n) is 7.08. The molecule has 2 nitrogen and oxygen atoms in total. The van der Waals surface area contributed by atoms with Crippen LogP contribution < -0.4 is 5.32 Å². The molecule has 1 unspecified atom stereocenters. The van der Waals surface area contributed by atoms with E-state index in [4.69, 9.17) is 0 Å². The first-order valence-corrected chi connectivity index (χ1v) is 7.08. The van der Waals surface area contributed by atoms with Gasteiger partial charge in [0.15, 0.2) is 0 Å². The molecule has 0 radical (unpaired) electrons. The summed E-state index contributed by atoms with van der Waals surface area (Å²) < 4.78 is 26.5. The van der Waals surface area contributed by atoms with E-state index in [1.54, 1.807) is 18.2 Å². The number of halogens is 2. The molecule has 1 atom stereocenters. The van der Waals surface area contributed by atoms with Crippen molar-refractivity contribution in [3.8, 4) is 0 Å². The van der Waals surface area contributed by atoms with Gasteiger partial charge >= 0.3 is 0 Å². The largest absolute Gasteiger partial charge is 0.306 e. The summed E-state index contributed by atoms with van der Waals surface area (Å²) in [5, 5.41) is 3.40. The molecule has 4 heteroatoms. The van der Waals surface area contributed by atoms with Crippen LogP contribution in [0.5, 0.6) is 0 Å². The molecule has 1 heterocycles. The summed E-state index contributed by atoms with van der Waals surface area (Å²) in [4.78, 5) is 4.15. The molecular weight excluding hydrogens is 270 g/mol. The van der Waals surface area contributed by atoms with Crippen molar-refractivity contribution in [2.75, 3.05) is 0 Å². The second kappa shape index (κ2) is 6.76. The maximum atomic E-state index is 13.4. The molecule has 0 amide bonds. The number of nitrogens with one attached hydrogen (secondary N) is 1. The Morgan fingerprint density at radius 1 is 1.10 bits per heavy atom. The SMILES string of the molecule is Cc1ccc(F)cc1CC(NC(C)C)c1ccc(F)cn1. The Hall–Kier alpha value is -1.81. The molecule has 0 fully saturated rings. The number of pyridine rings is 1. The zero-order valence-electron chi connectivity index (χ0n) is 12.5. The zero-order chi connectivity index (χ0) is 15.4. The summed E-state index contributed by atoms with van der Waals surface area (Å²) in [7, 11) is 0. The first kappa shape index (κ1) is 15.6. The van der Waals surface area contributed by atoms with Crippen LogP contribution in [0.4, 0.5) is 8.78 Å². The van der Waals surface area contributed by atoms with Gasteiger partial charge in [0.2, 0.25) is 0 Å². The normalized spacial score (nSPS) is 12.7. The number of benzene rings is 1. The van der Waals surface area contributed by atoms with Gasteiger partial charge in [0, 0.05) is 6.04 Å². The highest BCUT2D eigenvalue weighted by molar-refractivity contribution is 5.28. The lowest BCUT2D eigenvalue weighted by atomic mass is 9.98. The monoisotopic (exact) mass is 290 g/mol. The second-order valence-electron chi connectivity index (χ2n) is 5.55. The molecule has 1 aromatic carbocycles. The van der Waals surface area contributed by atoms with Gasteiger partial charge in [-0.3, -0.25) is 4.98 Å². The number of aromatic nitrogens is 1. The van der Waals surface area contributed by atoms with Gasteiger partial charge in [0.1, 0.15) is 11.6 Å². The third kappa shape index (κ3) is 4.33. The van der Waals surface area contributed by atoms with Crippen LogP contribution in [-0.2, 0) is 6.42 Å². The Labute approximate surface area is 124 Å². The zero-order valence-corrected chi connectivity index (χ0v) is 12.5. The van der Waals surface area contributed by atoms with Crippen LogP contribution in [0.25, 0.3) is 0 Å². The van der Waals surface area contributed by atoms with Gasteiger partial charge in [-0.05, 0) is 48.7 Å². The van der Waals surface area contributed by atoms with Crippen molar-refractivity contribution in [3.05, 3.63) is 65.0 Å². The molecule has 21 heavy (non-hydrogen) atoms. The minimum absolute atomic E-state index is 0.0777. The fourth-order valence-electron chi connectivity index (χ4n) is 2.32. The van der Waals surface area contributed by atoms with Gasteiger partial charge in [-0.1, -0.05) is 19.9 Å². The fraction of sp³-hybridized carbons (Fsp3) is 0.353. The number of rotatable bonds is 5. The lowest BCUT2D eigenvalue weighted by Crippen LogP contribution is -2.30. The van der Waals surface area contributed by atoms with E-state index >= 15 is 0 Å². The lowest BCUT2D eigenvalue weighted by molar-refractivity contribution is 0.463. The molecule has 0 aliphatic carbocycles. The van der Waals surface area contributed by atoms with Crippen LogP contribution in [0.2, 0.25) is 0 Å². The van der Waals surface area contributed by atoms with Crippen molar-refractivity contribution < 1.29 is 8.78 Å². The summed E-state index contributed by atoms with van der Waals surface area (Å²) in [6.07, 6.45) is 1.82. The van der Waals surface area contributed by atoms with Crippen LogP contribution in [0.3, 0.4) is 0 Å². The third-order valence-electron chi connectivity index (χ3n) is 3.38. The highest BCUT2D eigenvalue weighted by Crippen LogP contribution is 2.21. The van der Waals surface area contributed by atoms with E-state index in [2.05, 4.69) is 10.3 Å². The van der Waals surface area contributed by atoms with E-state index in [-0.39, 0.29) is 23.7 Å². The van der Waals surface area contributed by atoms with Crippen LogP contribution >= 0.6 is 0 Å². The van der Waals surface area contributed by atoms with E-state index < -0.39 is 0 Å². The summed E-state index contributed by atoms with van der Waals surface area (Å²) in [6, 6.07) is 8.02. The molecule has 0 bridgehead atoms. The predicted octanol–water partition coefficient (Wildman–Crippen LogP) is 3.95. The minimum Gasteiger partial charge on any atom is -0.306 e. The topological polar surface area (TPSA) is 24.9 Å². The van der Waals surface area contributed by atoms with Gasteiger partial charge in [0.25, 0.3) is 0 Å². The Morgan fingerprint density at radius 2 is 1.81 bits per heavy atom. The van der Waals surface area contributed by atoms with Crippen molar-refractivity contribution in [3.63, 3.8) is 0 Å².